The van der Waals surface area contributed by atoms with E-state index in [2.05, 4.69) is 26.0 Å². The van der Waals surface area contributed by atoms with Crippen LogP contribution >= 0.6 is 0 Å². The largest absolute Gasteiger partial charge is 0.198 e. The van der Waals surface area contributed by atoms with E-state index in [0.717, 1.165) is 18.8 Å². The van der Waals surface area contributed by atoms with Crippen LogP contribution < -0.4 is 0 Å². The number of hydrogen-bond donors (Lipinski definition) is 0. The van der Waals surface area contributed by atoms with Gasteiger partial charge in [-0.25, -0.2) is 0 Å². The predicted molar refractivity (Wildman–Crippen MR) is 50.5 cm³/mol. The molecule has 0 saturated carbocycles. The molecule has 0 aromatic rings. The molecule has 2 atom stereocenters. The minimum Gasteiger partial charge on any atom is -0.198 e. The zero-order chi connectivity index (χ0) is 8.97. The van der Waals surface area contributed by atoms with Crippen LogP contribution in [-0.2, 0) is 0 Å². The Bertz CT molecular complexity index is 210. The van der Waals surface area contributed by atoms with Crippen molar-refractivity contribution in [3.05, 3.63) is 11.6 Å². The van der Waals surface area contributed by atoms with Gasteiger partial charge in [-0.15, -0.1) is 0 Å². The Morgan fingerprint density at radius 1 is 1.67 bits per heavy atom. The summed E-state index contributed by atoms with van der Waals surface area (Å²) in [6.07, 6.45) is 6.69. The first-order chi connectivity index (χ1) is 5.74. The molecule has 0 radical (unpaired) electrons. The van der Waals surface area contributed by atoms with E-state index < -0.39 is 0 Å². The lowest BCUT2D eigenvalue weighted by Gasteiger charge is -2.25. The van der Waals surface area contributed by atoms with Crippen LogP contribution in [0.5, 0.6) is 0 Å². The van der Waals surface area contributed by atoms with Crippen molar-refractivity contribution in [1.82, 2.24) is 0 Å². The predicted octanol–water partition coefficient (Wildman–Crippen LogP) is 3.28. The standard InChI is InChI=1S/C11H17N/c1-9-5-6-11(4-3-7-12)10(2)8-9/h8,10-11H,3-6H2,1-2H3. The summed E-state index contributed by atoms with van der Waals surface area (Å²) in [6.45, 7) is 4.47. The maximum atomic E-state index is 8.47. The highest BCUT2D eigenvalue weighted by Crippen LogP contribution is 2.31. The minimum absolute atomic E-state index is 0.687. The van der Waals surface area contributed by atoms with E-state index in [-0.39, 0.29) is 0 Å². The van der Waals surface area contributed by atoms with E-state index in [1.165, 1.54) is 18.4 Å². The fraction of sp³-hybridized carbons (Fsp3) is 0.727. The van der Waals surface area contributed by atoms with Gasteiger partial charge in [-0.3, -0.25) is 0 Å². The van der Waals surface area contributed by atoms with Crippen LogP contribution in [0.1, 0.15) is 39.5 Å². The molecule has 0 amide bonds. The van der Waals surface area contributed by atoms with Gasteiger partial charge in [-0.05, 0) is 38.0 Å². The first-order valence-electron chi connectivity index (χ1n) is 4.78. The summed E-state index contributed by atoms with van der Waals surface area (Å²) in [5, 5.41) is 8.47. The van der Waals surface area contributed by atoms with Crippen molar-refractivity contribution >= 4 is 0 Å². The number of allylic oxidation sites excluding steroid dienone is 2. The van der Waals surface area contributed by atoms with E-state index in [1.54, 1.807) is 0 Å². The van der Waals surface area contributed by atoms with Crippen LogP contribution in [0.3, 0.4) is 0 Å². The normalized spacial score (nSPS) is 29.2. The molecule has 0 aliphatic heterocycles. The van der Waals surface area contributed by atoms with Crippen LogP contribution in [-0.4, -0.2) is 0 Å². The van der Waals surface area contributed by atoms with E-state index in [9.17, 15) is 0 Å². The molecule has 0 aromatic heterocycles. The van der Waals surface area contributed by atoms with Gasteiger partial charge in [-0.1, -0.05) is 18.6 Å². The van der Waals surface area contributed by atoms with Crippen LogP contribution in [0.2, 0.25) is 0 Å². The number of hydrogen-bond acceptors (Lipinski definition) is 1. The molecule has 1 rings (SSSR count). The smallest absolute Gasteiger partial charge is 0.0621 e. The quantitative estimate of drug-likeness (QED) is 0.573. The first-order valence-corrected chi connectivity index (χ1v) is 4.78. The van der Waals surface area contributed by atoms with Crippen LogP contribution in [0.4, 0.5) is 0 Å². The summed E-state index contributed by atoms with van der Waals surface area (Å²) in [7, 11) is 0. The highest BCUT2D eigenvalue weighted by molar-refractivity contribution is 5.06. The lowest BCUT2D eigenvalue weighted by molar-refractivity contribution is 0.351. The van der Waals surface area contributed by atoms with Crippen LogP contribution in [0.25, 0.3) is 0 Å². The topological polar surface area (TPSA) is 23.8 Å². The highest BCUT2D eigenvalue weighted by Gasteiger charge is 2.18. The Morgan fingerprint density at radius 2 is 2.42 bits per heavy atom. The first kappa shape index (κ1) is 9.32. The third-order valence-electron chi connectivity index (χ3n) is 2.83. The number of rotatable bonds is 2. The second-order valence-electron chi connectivity index (χ2n) is 3.87. The van der Waals surface area contributed by atoms with E-state index in [1.807, 2.05) is 0 Å². The molecule has 1 aliphatic carbocycles. The van der Waals surface area contributed by atoms with Crippen molar-refractivity contribution in [3.63, 3.8) is 0 Å². The molecule has 0 fully saturated rings. The Morgan fingerprint density at radius 3 is 3.00 bits per heavy atom. The summed E-state index contributed by atoms with van der Waals surface area (Å²) in [4.78, 5) is 0. The molecule has 1 nitrogen and oxygen atoms in total. The molecular formula is C11H17N. The Hall–Kier alpha value is -0.770. The minimum atomic E-state index is 0.687. The molecule has 12 heavy (non-hydrogen) atoms. The van der Waals surface area contributed by atoms with Gasteiger partial charge < -0.3 is 0 Å². The molecule has 0 heterocycles. The van der Waals surface area contributed by atoms with Gasteiger partial charge in [0.1, 0.15) is 0 Å². The fourth-order valence-electron chi connectivity index (χ4n) is 2.00. The third-order valence-corrected chi connectivity index (χ3v) is 2.83. The average Bonchev–Trinajstić information content (AvgIpc) is 2.03. The Balaban J connectivity index is 2.43. The van der Waals surface area contributed by atoms with Gasteiger partial charge in [0.25, 0.3) is 0 Å². The molecule has 1 aliphatic rings. The molecule has 0 saturated heterocycles. The monoisotopic (exact) mass is 163 g/mol. The van der Waals surface area contributed by atoms with Crippen molar-refractivity contribution in [2.75, 3.05) is 0 Å². The maximum Gasteiger partial charge on any atom is 0.0621 e. The molecule has 0 aromatic carbocycles. The molecule has 0 spiro atoms. The zero-order valence-corrected chi connectivity index (χ0v) is 8.01. The number of nitrogens with zero attached hydrogens (tertiary/aromatic N) is 1. The van der Waals surface area contributed by atoms with E-state index in [4.69, 9.17) is 5.26 Å². The Kier molecular flexibility index (Phi) is 3.34. The van der Waals surface area contributed by atoms with Crippen molar-refractivity contribution in [2.24, 2.45) is 11.8 Å². The van der Waals surface area contributed by atoms with E-state index >= 15 is 0 Å². The SMILES string of the molecule is CC1=CC(C)C(CCC#N)CC1. The maximum absolute atomic E-state index is 8.47. The summed E-state index contributed by atoms with van der Waals surface area (Å²) >= 11 is 0. The van der Waals surface area contributed by atoms with Gasteiger partial charge >= 0.3 is 0 Å². The van der Waals surface area contributed by atoms with Gasteiger partial charge in [0.05, 0.1) is 6.07 Å². The molecule has 0 N–H and O–H groups in total. The average molecular weight is 163 g/mol. The fourth-order valence-corrected chi connectivity index (χ4v) is 2.00. The summed E-state index contributed by atoms with van der Waals surface area (Å²) in [5.74, 6) is 1.44. The molecular weight excluding hydrogens is 146 g/mol. The van der Waals surface area contributed by atoms with Gasteiger partial charge in [0, 0.05) is 6.42 Å². The van der Waals surface area contributed by atoms with Crippen LogP contribution in [0, 0.1) is 23.2 Å². The second kappa shape index (κ2) is 4.30. The van der Waals surface area contributed by atoms with Crippen LogP contribution in [0.15, 0.2) is 11.6 Å². The van der Waals surface area contributed by atoms with Gasteiger partial charge in [-0.2, -0.15) is 5.26 Å². The second-order valence-corrected chi connectivity index (χ2v) is 3.87. The molecule has 2 unspecified atom stereocenters. The molecule has 0 bridgehead atoms. The lowest BCUT2D eigenvalue weighted by Crippen LogP contribution is -2.14. The summed E-state index contributed by atoms with van der Waals surface area (Å²) in [6, 6.07) is 2.23. The summed E-state index contributed by atoms with van der Waals surface area (Å²) < 4.78 is 0. The Labute approximate surface area is 75.1 Å². The zero-order valence-electron chi connectivity index (χ0n) is 8.01. The van der Waals surface area contributed by atoms with Crippen molar-refractivity contribution < 1.29 is 0 Å². The molecule has 1 heteroatoms. The lowest BCUT2D eigenvalue weighted by atomic mass is 9.80. The summed E-state index contributed by atoms with van der Waals surface area (Å²) in [5.41, 5.74) is 1.52. The van der Waals surface area contributed by atoms with Crippen molar-refractivity contribution in [2.45, 2.75) is 39.5 Å². The highest BCUT2D eigenvalue weighted by atomic mass is 14.3. The van der Waals surface area contributed by atoms with Crippen molar-refractivity contribution in [3.8, 4) is 6.07 Å². The van der Waals surface area contributed by atoms with Gasteiger partial charge in [0.2, 0.25) is 0 Å². The van der Waals surface area contributed by atoms with E-state index in [0.29, 0.717) is 5.92 Å². The third kappa shape index (κ3) is 2.37. The molecule has 66 valence electrons. The van der Waals surface area contributed by atoms with Gasteiger partial charge in [0.15, 0.2) is 0 Å². The number of nitriles is 1. The van der Waals surface area contributed by atoms with Crippen molar-refractivity contribution in [1.29, 1.82) is 5.26 Å².